The molecule has 0 aliphatic heterocycles. The van der Waals surface area contributed by atoms with Crippen LogP contribution in [0.2, 0.25) is 0 Å². The van der Waals surface area contributed by atoms with Crippen LogP contribution in [0.3, 0.4) is 0 Å². The summed E-state index contributed by atoms with van der Waals surface area (Å²) in [5.41, 5.74) is 21.4. The Bertz CT molecular complexity index is 1910. The maximum absolute atomic E-state index is 4.17. The molecule has 0 atom stereocenters. The summed E-state index contributed by atoms with van der Waals surface area (Å²) in [4.78, 5) is 0. The van der Waals surface area contributed by atoms with Gasteiger partial charge in [0.1, 0.15) is 0 Å². The van der Waals surface area contributed by atoms with E-state index in [4.69, 9.17) is 0 Å². The molecule has 0 unspecified atom stereocenters. The molecule has 0 radical (unpaired) electrons. The molecule has 3 aliphatic rings. The lowest BCUT2D eigenvalue weighted by Crippen LogP contribution is -2.04. The van der Waals surface area contributed by atoms with Crippen molar-refractivity contribution >= 4 is 36.4 Å². The van der Waals surface area contributed by atoms with Crippen LogP contribution >= 0.6 is 12.6 Å². The minimum absolute atomic E-state index is 0.833. The number of aryl methyl sites for hydroxylation is 1. The molecule has 0 saturated heterocycles. The Morgan fingerprint density at radius 2 is 1.26 bits per heavy atom. The third kappa shape index (κ3) is 13.1. The molecule has 0 nitrogen and oxygen atoms in total. The average Bonchev–Trinajstić information content (AvgIpc) is 3.62. The summed E-state index contributed by atoms with van der Waals surface area (Å²) in [6, 6.07) is 14.1. The van der Waals surface area contributed by atoms with Gasteiger partial charge in [-0.05, 0) is 154 Å². The van der Waals surface area contributed by atoms with Gasteiger partial charge >= 0.3 is 0 Å². The van der Waals surface area contributed by atoms with Gasteiger partial charge in [-0.1, -0.05) is 192 Å². The average molecular weight is 781 g/mol. The van der Waals surface area contributed by atoms with Crippen LogP contribution in [0, 0.1) is 19.8 Å². The van der Waals surface area contributed by atoms with Crippen LogP contribution < -0.4 is 0 Å². The van der Waals surface area contributed by atoms with Gasteiger partial charge in [0.05, 0.1) is 0 Å². The number of allylic oxidation sites excluding steroid dienone is 12. The molecule has 57 heavy (non-hydrogen) atoms. The minimum atomic E-state index is 0.833. The van der Waals surface area contributed by atoms with Crippen molar-refractivity contribution in [2.45, 2.75) is 122 Å². The zero-order valence-electron chi connectivity index (χ0n) is 38.2. The predicted molar refractivity (Wildman–Crippen MR) is 269 cm³/mol. The van der Waals surface area contributed by atoms with E-state index in [9.17, 15) is 0 Å². The Kier molecular flexibility index (Phi) is 24.3. The number of hydrogen-bond donors (Lipinski definition) is 1. The standard InChI is InChI=1S/C45H44.C4H10.3C2H6.CH4S/c1-7-11-18-41-30(5)44(39-25-23-37-26-32(9-3)40(10-4)43(37)29-39)31(6)42(19-12-8-2)45(41)38-24-22-35-27-34(20-21-36(35)28-38)33-16-14-13-15-17-33;1-4(2)3;4*1-2/h7-8,10-14,16,18-19,22-25,27-29H,1-2,4,9,15,17,20-21,26H2,3,5-6H3;4H,1-3H3;3*1-2H3;2H,1H3/b18-11-,19-12-;;;;;. The van der Waals surface area contributed by atoms with E-state index in [2.05, 4.69) is 159 Å². The van der Waals surface area contributed by atoms with Gasteiger partial charge < -0.3 is 0 Å². The number of rotatable bonds is 9. The molecule has 0 amide bonds. The van der Waals surface area contributed by atoms with E-state index in [1.165, 1.54) is 89.1 Å². The predicted octanol–water partition coefficient (Wildman–Crippen LogP) is 17.8. The lowest BCUT2D eigenvalue weighted by Gasteiger charge is -2.24. The maximum Gasteiger partial charge on any atom is -0.00330 e. The second kappa shape index (κ2) is 27.3. The molecule has 0 fully saturated rings. The quantitative estimate of drug-likeness (QED) is 0.162. The van der Waals surface area contributed by atoms with E-state index in [0.717, 1.165) is 44.4 Å². The smallest absolute Gasteiger partial charge is 0.00330 e. The Morgan fingerprint density at radius 3 is 1.77 bits per heavy atom. The summed E-state index contributed by atoms with van der Waals surface area (Å²) in [6.07, 6.45) is 31.8. The number of hydrogen-bond acceptors (Lipinski definition) is 1. The van der Waals surface area contributed by atoms with Crippen LogP contribution in [0.4, 0.5) is 0 Å². The highest BCUT2D eigenvalue weighted by Crippen LogP contribution is 2.45. The summed E-state index contributed by atoms with van der Waals surface area (Å²) in [5.74, 6) is 0.833. The first-order valence-corrected chi connectivity index (χ1v) is 22.5. The van der Waals surface area contributed by atoms with Crippen LogP contribution in [-0.2, 0) is 12.8 Å². The van der Waals surface area contributed by atoms with Gasteiger partial charge in [0, 0.05) is 0 Å². The van der Waals surface area contributed by atoms with Crippen molar-refractivity contribution in [2.24, 2.45) is 5.92 Å². The summed E-state index contributed by atoms with van der Waals surface area (Å²) in [5, 5.41) is 0. The van der Waals surface area contributed by atoms with Gasteiger partial charge in [0.25, 0.3) is 0 Å². The van der Waals surface area contributed by atoms with Crippen molar-refractivity contribution in [3.05, 3.63) is 166 Å². The zero-order valence-corrected chi connectivity index (χ0v) is 39.1. The number of thiol groups is 1. The third-order valence-electron chi connectivity index (χ3n) is 9.85. The van der Waals surface area contributed by atoms with Gasteiger partial charge in [-0.3, -0.25) is 0 Å². The molecule has 3 aliphatic carbocycles. The molecule has 6 rings (SSSR count). The van der Waals surface area contributed by atoms with Gasteiger partial charge in [0.2, 0.25) is 0 Å². The van der Waals surface area contributed by atoms with Crippen molar-refractivity contribution in [3.8, 4) is 22.3 Å². The lowest BCUT2D eigenvalue weighted by molar-refractivity contribution is 0.737. The fourth-order valence-electron chi connectivity index (χ4n) is 7.55. The van der Waals surface area contributed by atoms with E-state index in [-0.39, 0.29) is 0 Å². The largest absolute Gasteiger partial charge is 0.183 e. The molecule has 3 aromatic carbocycles. The molecule has 0 N–H and O–H groups in total. The van der Waals surface area contributed by atoms with Gasteiger partial charge in [0.15, 0.2) is 0 Å². The van der Waals surface area contributed by atoms with Crippen molar-refractivity contribution < 1.29 is 0 Å². The summed E-state index contributed by atoms with van der Waals surface area (Å²) in [6.45, 7) is 37.5. The zero-order chi connectivity index (χ0) is 43.1. The highest BCUT2D eigenvalue weighted by molar-refractivity contribution is 7.79. The molecule has 0 heterocycles. The summed E-state index contributed by atoms with van der Waals surface area (Å²) in [7, 11) is 0. The Morgan fingerprint density at radius 1 is 0.702 bits per heavy atom. The van der Waals surface area contributed by atoms with E-state index < -0.39 is 0 Å². The van der Waals surface area contributed by atoms with Crippen molar-refractivity contribution in [1.29, 1.82) is 0 Å². The lowest BCUT2D eigenvalue weighted by atomic mass is 9.80. The Balaban J connectivity index is 0.00000122. The highest BCUT2D eigenvalue weighted by Gasteiger charge is 2.24. The number of fused-ring (bicyclic) bond motifs is 2. The first-order valence-electron chi connectivity index (χ1n) is 21.6. The minimum Gasteiger partial charge on any atom is -0.183 e. The Hall–Kier alpha value is -4.33. The van der Waals surface area contributed by atoms with Crippen molar-refractivity contribution in [2.75, 3.05) is 6.26 Å². The van der Waals surface area contributed by atoms with Crippen LogP contribution in [-0.4, -0.2) is 6.26 Å². The normalized spacial score (nSPS) is 13.5. The van der Waals surface area contributed by atoms with Crippen LogP contribution in [0.5, 0.6) is 0 Å². The van der Waals surface area contributed by atoms with E-state index in [1.54, 1.807) is 6.26 Å². The highest BCUT2D eigenvalue weighted by atomic mass is 32.1. The van der Waals surface area contributed by atoms with Crippen LogP contribution in [0.1, 0.15) is 139 Å². The molecule has 0 bridgehead atoms. The van der Waals surface area contributed by atoms with Crippen LogP contribution in [0.25, 0.3) is 46.1 Å². The van der Waals surface area contributed by atoms with E-state index in [0.29, 0.717) is 0 Å². The molecule has 1 heteroatoms. The van der Waals surface area contributed by atoms with Gasteiger partial charge in [-0.25, -0.2) is 0 Å². The Labute approximate surface area is 356 Å². The molecular weight excluding hydrogens is 705 g/mol. The molecular formula is C56H76S. The monoisotopic (exact) mass is 781 g/mol. The first-order chi connectivity index (χ1) is 27.7. The molecule has 0 saturated carbocycles. The van der Waals surface area contributed by atoms with E-state index in [1.807, 2.05) is 59.8 Å². The molecule has 306 valence electrons. The van der Waals surface area contributed by atoms with Gasteiger partial charge in [-0.15, -0.1) is 0 Å². The fourth-order valence-corrected chi connectivity index (χ4v) is 7.55. The number of benzene rings is 3. The van der Waals surface area contributed by atoms with Crippen LogP contribution in [0.15, 0.2) is 121 Å². The third-order valence-corrected chi connectivity index (χ3v) is 9.85. The SMILES string of the molecule is C=C/C=C\c1c(C)c(-c2ccc3c(c2)C(C=C)=C(CC)C3)c(C)c(/C=C\C=C)c1-c1ccc2c(c1)CCC(C1=CC=CCC1)=C2.CC.CC.CC.CC(C)C.CS. The topological polar surface area (TPSA) is 0 Å². The molecule has 0 aromatic heterocycles. The van der Waals surface area contributed by atoms with Crippen molar-refractivity contribution in [3.63, 3.8) is 0 Å². The second-order valence-electron chi connectivity index (χ2n) is 14.1. The maximum atomic E-state index is 4.17. The molecule has 3 aromatic rings. The van der Waals surface area contributed by atoms with Gasteiger partial charge in [-0.2, -0.15) is 12.6 Å². The van der Waals surface area contributed by atoms with E-state index >= 15 is 0 Å². The first kappa shape index (κ1) is 50.7. The summed E-state index contributed by atoms with van der Waals surface area (Å²) < 4.78 is 0. The fraction of sp³-hybridized carbons (Fsp3) is 0.357. The van der Waals surface area contributed by atoms with Crippen molar-refractivity contribution in [1.82, 2.24) is 0 Å². The second-order valence-corrected chi connectivity index (χ2v) is 14.1. The summed E-state index contributed by atoms with van der Waals surface area (Å²) >= 11 is 3.53. The molecule has 0 spiro atoms.